The van der Waals surface area contributed by atoms with Gasteiger partial charge in [-0.05, 0) is 6.92 Å². The Bertz CT molecular complexity index is 221. The molecule has 70 valence electrons. The summed E-state index contributed by atoms with van der Waals surface area (Å²) >= 11 is 0. The predicted octanol–water partition coefficient (Wildman–Crippen LogP) is -0.311. The molecule has 0 aromatic rings. The van der Waals surface area contributed by atoms with Crippen LogP contribution in [0.1, 0.15) is 13.3 Å². The van der Waals surface area contributed by atoms with Crippen molar-refractivity contribution in [3.05, 3.63) is 12.4 Å². The number of nitrogens with one attached hydrogen (secondary N) is 1. The van der Waals surface area contributed by atoms with Gasteiger partial charge in [0, 0.05) is 6.54 Å². The van der Waals surface area contributed by atoms with Crippen molar-refractivity contribution in [1.29, 1.82) is 10.5 Å². The molecule has 0 spiro atoms. The fourth-order valence-corrected chi connectivity index (χ4v) is 0.911. The second kappa shape index (κ2) is 7.15. The Labute approximate surface area is 79.3 Å². The first kappa shape index (κ1) is 11.5. The molecule has 1 aliphatic rings. The summed E-state index contributed by atoms with van der Waals surface area (Å²) in [7, 11) is 2.16. The molecule has 0 radical (unpaired) electrons. The number of nitrogens with zero attached hydrogens (tertiary/aromatic N) is 3. The van der Waals surface area contributed by atoms with Crippen molar-refractivity contribution in [2.75, 3.05) is 20.3 Å². The fourth-order valence-electron chi connectivity index (χ4n) is 0.911. The van der Waals surface area contributed by atoms with Gasteiger partial charge in [-0.2, -0.15) is 10.5 Å². The van der Waals surface area contributed by atoms with Gasteiger partial charge >= 0.3 is 0 Å². The molecule has 0 aliphatic carbocycles. The first-order valence-corrected chi connectivity index (χ1v) is 4.23. The van der Waals surface area contributed by atoms with E-state index < -0.39 is 0 Å². The van der Waals surface area contributed by atoms with Crippen LogP contribution in [0.5, 0.6) is 0 Å². The second-order valence-corrected chi connectivity index (χ2v) is 2.72. The first-order valence-electron chi connectivity index (χ1n) is 4.23. The van der Waals surface area contributed by atoms with Crippen molar-refractivity contribution in [3.63, 3.8) is 0 Å². The lowest BCUT2D eigenvalue weighted by atomic mass is 10.5. The van der Waals surface area contributed by atoms with E-state index in [0.29, 0.717) is 0 Å². The smallest absolute Gasteiger partial charge is 0.156 e. The van der Waals surface area contributed by atoms with E-state index in [1.165, 1.54) is 4.90 Å². The van der Waals surface area contributed by atoms with Crippen LogP contribution in [0.15, 0.2) is 12.4 Å². The van der Waals surface area contributed by atoms with Gasteiger partial charge in [-0.3, -0.25) is 4.90 Å². The van der Waals surface area contributed by atoms with Crippen molar-refractivity contribution in [2.45, 2.75) is 13.3 Å². The van der Waals surface area contributed by atoms with Gasteiger partial charge in [-0.15, -0.1) is 0 Å². The highest BCUT2D eigenvalue weighted by molar-refractivity contribution is 4.85. The zero-order valence-corrected chi connectivity index (χ0v) is 8.12. The average molecular weight is 179 g/mol. The van der Waals surface area contributed by atoms with E-state index in [1.54, 1.807) is 12.1 Å². The Morgan fingerprint density at radius 2 is 2.08 bits per heavy atom. The Morgan fingerprint density at radius 3 is 2.23 bits per heavy atom. The summed E-state index contributed by atoms with van der Waals surface area (Å²) in [5.41, 5.74) is 0. The van der Waals surface area contributed by atoms with E-state index in [2.05, 4.69) is 31.3 Å². The van der Waals surface area contributed by atoms with Crippen LogP contribution in [-0.4, -0.2) is 25.2 Å². The molecular weight excluding hydrogens is 164 g/mol. The first-order chi connectivity index (χ1) is 6.24. The van der Waals surface area contributed by atoms with Gasteiger partial charge in [0.2, 0.25) is 0 Å². The SMILES string of the molecule is CCN1C=C[NH+](C)C1.N#CCC#N. The molecule has 1 heterocycles. The van der Waals surface area contributed by atoms with Crippen molar-refractivity contribution in [3.8, 4) is 12.1 Å². The largest absolute Gasteiger partial charge is 0.327 e. The summed E-state index contributed by atoms with van der Waals surface area (Å²) in [5.74, 6) is 0. The van der Waals surface area contributed by atoms with Gasteiger partial charge in [0.15, 0.2) is 6.67 Å². The molecule has 1 aliphatic heterocycles. The van der Waals surface area contributed by atoms with E-state index in [1.807, 2.05) is 0 Å². The Kier molecular flexibility index (Phi) is 6.31. The van der Waals surface area contributed by atoms with Crippen molar-refractivity contribution in [2.24, 2.45) is 0 Å². The molecule has 0 saturated carbocycles. The van der Waals surface area contributed by atoms with Crippen LogP contribution in [0.4, 0.5) is 0 Å². The highest BCUT2D eigenvalue weighted by Gasteiger charge is 2.08. The lowest BCUT2D eigenvalue weighted by Gasteiger charge is -2.10. The third kappa shape index (κ3) is 5.72. The van der Waals surface area contributed by atoms with E-state index >= 15 is 0 Å². The van der Waals surface area contributed by atoms with Gasteiger partial charge < -0.3 is 4.90 Å². The molecule has 13 heavy (non-hydrogen) atoms. The maximum Gasteiger partial charge on any atom is 0.156 e. The van der Waals surface area contributed by atoms with Gasteiger partial charge in [0.1, 0.15) is 12.6 Å². The molecule has 4 heteroatoms. The molecule has 4 nitrogen and oxygen atoms in total. The van der Waals surface area contributed by atoms with Crippen LogP contribution < -0.4 is 4.90 Å². The molecule has 0 saturated heterocycles. The van der Waals surface area contributed by atoms with E-state index in [0.717, 1.165) is 13.2 Å². The zero-order valence-electron chi connectivity index (χ0n) is 8.12. The molecular formula is C9H15N4+. The number of quaternary nitrogens is 1. The predicted molar refractivity (Wildman–Crippen MR) is 49.1 cm³/mol. The van der Waals surface area contributed by atoms with Crippen LogP contribution in [0.25, 0.3) is 0 Å². The monoisotopic (exact) mass is 179 g/mol. The van der Waals surface area contributed by atoms with E-state index in [-0.39, 0.29) is 6.42 Å². The van der Waals surface area contributed by atoms with Crippen molar-refractivity contribution in [1.82, 2.24) is 4.90 Å². The van der Waals surface area contributed by atoms with Crippen LogP contribution in [-0.2, 0) is 0 Å². The third-order valence-electron chi connectivity index (χ3n) is 1.59. The van der Waals surface area contributed by atoms with E-state index in [4.69, 9.17) is 10.5 Å². The van der Waals surface area contributed by atoms with Gasteiger partial charge in [-0.1, -0.05) is 0 Å². The van der Waals surface area contributed by atoms with Crippen LogP contribution in [0, 0.1) is 22.7 Å². The van der Waals surface area contributed by atoms with Crippen LogP contribution in [0.3, 0.4) is 0 Å². The summed E-state index contributed by atoms with van der Waals surface area (Å²) in [4.78, 5) is 3.75. The quantitative estimate of drug-likeness (QED) is 0.600. The third-order valence-corrected chi connectivity index (χ3v) is 1.59. The standard InChI is InChI=1S/C6H12N2.C3H2N2/c1-3-8-5-4-7(2)6-8;4-2-1-3-5/h4-5H,3,6H2,1-2H3;1H2/p+1. The molecule has 1 rings (SSSR count). The summed E-state index contributed by atoms with van der Waals surface area (Å²) in [6, 6.07) is 3.31. The lowest BCUT2D eigenvalue weighted by Crippen LogP contribution is -3.03. The molecule has 0 bridgehead atoms. The van der Waals surface area contributed by atoms with Gasteiger partial charge in [0.25, 0.3) is 0 Å². The second-order valence-electron chi connectivity index (χ2n) is 2.72. The van der Waals surface area contributed by atoms with Gasteiger partial charge in [0.05, 0.1) is 25.4 Å². The van der Waals surface area contributed by atoms with Crippen molar-refractivity contribution < 1.29 is 4.90 Å². The Hall–Kier alpha value is -1.52. The number of hydrogen-bond acceptors (Lipinski definition) is 3. The number of rotatable bonds is 1. The zero-order chi connectivity index (χ0) is 10.1. The Morgan fingerprint density at radius 1 is 1.46 bits per heavy atom. The maximum atomic E-state index is 7.59. The minimum atomic E-state index is 0. The molecule has 1 N–H and O–H groups in total. The average Bonchev–Trinajstić information content (AvgIpc) is 2.54. The molecule has 0 amide bonds. The fraction of sp³-hybridized carbons (Fsp3) is 0.556. The molecule has 1 atom stereocenters. The molecule has 1 unspecified atom stereocenters. The molecule has 0 fully saturated rings. The lowest BCUT2D eigenvalue weighted by molar-refractivity contribution is -0.826. The highest BCUT2D eigenvalue weighted by Crippen LogP contribution is 1.86. The number of hydrogen-bond donors (Lipinski definition) is 1. The minimum Gasteiger partial charge on any atom is -0.327 e. The maximum absolute atomic E-state index is 7.59. The van der Waals surface area contributed by atoms with E-state index in [9.17, 15) is 0 Å². The molecule has 0 aromatic carbocycles. The highest BCUT2D eigenvalue weighted by atomic mass is 15.3. The summed E-state index contributed by atoms with van der Waals surface area (Å²) in [6.45, 7) is 4.44. The van der Waals surface area contributed by atoms with Crippen LogP contribution >= 0.6 is 0 Å². The topological polar surface area (TPSA) is 55.3 Å². The summed E-state index contributed by atoms with van der Waals surface area (Å²) in [5, 5.41) is 15.2. The van der Waals surface area contributed by atoms with Crippen LogP contribution in [0.2, 0.25) is 0 Å². The van der Waals surface area contributed by atoms with Gasteiger partial charge in [-0.25, -0.2) is 0 Å². The van der Waals surface area contributed by atoms with Crippen molar-refractivity contribution >= 4 is 0 Å². The number of nitriles is 2. The summed E-state index contributed by atoms with van der Waals surface area (Å²) < 4.78 is 0. The Balaban J connectivity index is 0.000000252. The normalized spacial score (nSPS) is 18.5. The minimum absolute atomic E-state index is 0. The molecule has 0 aromatic heterocycles. The summed E-state index contributed by atoms with van der Waals surface area (Å²) in [6.07, 6.45) is 4.32.